The van der Waals surface area contributed by atoms with Gasteiger partial charge in [0.15, 0.2) is 0 Å². The summed E-state index contributed by atoms with van der Waals surface area (Å²) in [5.74, 6) is 2.53. The molecule has 0 aromatic carbocycles. The van der Waals surface area contributed by atoms with E-state index in [0.29, 0.717) is 19.0 Å². The Labute approximate surface area is 102 Å². The second kappa shape index (κ2) is 5.82. The van der Waals surface area contributed by atoms with Crippen LogP contribution in [0, 0.1) is 5.92 Å². The van der Waals surface area contributed by atoms with Gasteiger partial charge in [0.25, 0.3) is 0 Å². The molecular formula is C12H21N5. The molecular weight excluding hydrogens is 214 g/mol. The number of aromatic nitrogens is 2. The molecule has 1 fully saturated rings. The molecule has 0 atom stereocenters. The third kappa shape index (κ3) is 3.30. The Morgan fingerprint density at radius 3 is 2.94 bits per heavy atom. The fourth-order valence-electron chi connectivity index (χ4n) is 2.03. The van der Waals surface area contributed by atoms with E-state index in [1.807, 2.05) is 6.07 Å². The summed E-state index contributed by atoms with van der Waals surface area (Å²) in [4.78, 5) is 11.0. The summed E-state index contributed by atoms with van der Waals surface area (Å²) >= 11 is 0. The molecule has 3 N–H and O–H groups in total. The lowest BCUT2D eigenvalue weighted by Gasteiger charge is -2.31. The van der Waals surface area contributed by atoms with Crippen LogP contribution in [0.1, 0.15) is 19.8 Å². The van der Waals surface area contributed by atoms with Gasteiger partial charge in [-0.1, -0.05) is 6.92 Å². The van der Waals surface area contributed by atoms with Gasteiger partial charge in [0.2, 0.25) is 5.95 Å². The first-order valence-corrected chi connectivity index (χ1v) is 6.31. The highest BCUT2D eigenvalue weighted by Gasteiger charge is 2.17. The smallest absolute Gasteiger partial charge is 0.224 e. The molecule has 0 unspecified atom stereocenters. The molecule has 0 spiro atoms. The van der Waals surface area contributed by atoms with Gasteiger partial charge in [-0.25, -0.2) is 4.98 Å². The Morgan fingerprint density at radius 2 is 2.24 bits per heavy atom. The summed E-state index contributed by atoms with van der Waals surface area (Å²) in [5.41, 5.74) is 5.44. The largest absolute Gasteiger partial charge is 0.356 e. The Bertz CT molecular complexity index is 347. The second-order valence-electron chi connectivity index (χ2n) is 4.62. The number of anilines is 2. The predicted molar refractivity (Wildman–Crippen MR) is 70.2 cm³/mol. The van der Waals surface area contributed by atoms with Crippen molar-refractivity contribution >= 4 is 11.8 Å². The Hall–Kier alpha value is -1.36. The van der Waals surface area contributed by atoms with Crippen LogP contribution in [0.25, 0.3) is 0 Å². The third-order valence-corrected chi connectivity index (χ3v) is 3.18. The Balaban J connectivity index is 2.00. The molecule has 1 aliphatic rings. The lowest BCUT2D eigenvalue weighted by Crippen LogP contribution is -2.33. The number of rotatable bonds is 4. The van der Waals surface area contributed by atoms with E-state index in [1.54, 1.807) is 6.20 Å². The summed E-state index contributed by atoms with van der Waals surface area (Å²) in [6.07, 6.45) is 4.30. The maximum atomic E-state index is 5.44. The monoisotopic (exact) mass is 235 g/mol. The van der Waals surface area contributed by atoms with Crippen molar-refractivity contribution in [3.05, 3.63) is 12.3 Å². The van der Waals surface area contributed by atoms with Gasteiger partial charge in [0, 0.05) is 32.4 Å². The van der Waals surface area contributed by atoms with E-state index in [9.17, 15) is 0 Å². The minimum atomic E-state index is 0.592. The lowest BCUT2D eigenvalue weighted by atomic mass is 9.99. The molecule has 0 radical (unpaired) electrons. The van der Waals surface area contributed by atoms with E-state index in [-0.39, 0.29) is 0 Å². The van der Waals surface area contributed by atoms with Crippen molar-refractivity contribution in [3.8, 4) is 0 Å². The van der Waals surface area contributed by atoms with Gasteiger partial charge in [-0.15, -0.1) is 0 Å². The normalized spacial score (nSPS) is 17.2. The van der Waals surface area contributed by atoms with E-state index in [2.05, 4.69) is 27.1 Å². The zero-order valence-corrected chi connectivity index (χ0v) is 10.4. The molecule has 5 nitrogen and oxygen atoms in total. The van der Waals surface area contributed by atoms with Crippen LogP contribution in [0.5, 0.6) is 0 Å². The predicted octanol–water partition coefficient (Wildman–Crippen LogP) is 1.08. The fourth-order valence-corrected chi connectivity index (χ4v) is 2.03. The molecule has 94 valence electrons. The molecule has 1 aromatic heterocycles. The number of nitrogens with two attached hydrogens (primary N) is 1. The summed E-state index contributed by atoms with van der Waals surface area (Å²) in [6.45, 7) is 5.80. The van der Waals surface area contributed by atoms with Crippen LogP contribution in [-0.2, 0) is 0 Å². The summed E-state index contributed by atoms with van der Waals surface area (Å²) in [5, 5.41) is 3.11. The van der Waals surface area contributed by atoms with Crippen molar-refractivity contribution in [1.29, 1.82) is 0 Å². The maximum Gasteiger partial charge on any atom is 0.224 e. The van der Waals surface area contributed by atoms with E-state index >= 15 is 0 Å². The third-order valence-electron chi connectivity index (χ3n) is 3.18. The number of hydrogen-bond acceptors (Lipinski definition) is 5. The van der Waals surface area contributed by atoms with Crippen LogP contribution in [0.4, 0.5) is 11.8 Å². The first-order valence-electron chi connectivity index (χ1n) is 6.31. The first kappa shape index (κ1) is 12.1. The maximum absolute atomic E-state index is 5.44. The highest BCUT2D eigenvalue weighted by molar-refractivity contribution is 5.42. The van der Waals surface area contributed by atoms with Crippen molar-refractivity contribution in [2.45, 2.75) is 19.8 Å². The molecule has 0 saturated carbocycles. The highest BCUT2D eigenvalue weighted by Crippen LogP contribution is 2.21. The molecule has 5 heteroatoms. The van der Waals surface area contributed by atoms with Gasteiger partial charge < -0.3 is 16.0 Å². The van der Waals surface area contributed by atoms with Crippen LogP contribution >= 0.6 is 0 Å². The highest BCUT2D eigenvalue weighted by atomic mass is 15.2. The van der Waals surface area contributed by atoms with Crippen LogP contribution in [0.2, 0.25) is 0 Å². The van der Waals surface area contributed by atoms with Gasteiger partial charge in [-0.05, 0) is 24.8 Å². The summed E-state index contributed by atoms with van der Waals surface area (Å²) in [6, 6.07) is 1.98. The standard InChI is InChI=1S/C12H21N5/c1-10-3-8-17(9-4-10)11-2-6-14-12(16-11)15-7-5-13/h2,6,10H,3-5,7-9,13H2,1H3,(H,14,15,16). The fraction of sp³-hybridized carbons (Fsp3) is 0.667. The molecule has 1 saturated heterocycles. The average molecular weight is 235 g/mol. The molecule has 0 bridgehead atoms. The molecule has 1 aromatic rings. The van der Waals surface area contributed by atoms with E-state index < -0.39 is 0 Å². The topological polar surface area (TPSA) is 67.1 Å². The van der Waals surface area contributed by atoms with Crippen LogP contribution < -0.4 is 16.0 Å². The molecule has 0 aliphatic carbocycles. The minimum Gasteiger partial charge on any atom is -0.356 e. The average Bonchev–Trinajstić information content (AvgIpc) is 2.37. The lowest BCUT2D eigenvalue weighted by molar-refractivity contribution is 0.436. The van der Waals surface area contributed by atoms with E-state index in [4.69, 9.17) is 5.73 Å². The van der Waals surface area contributed by atoms with Gasteiger partial charge in [-0.2, -0.15) is 4.98 Å². The van der Waals surface area contributed by atoms with Crippen LogP contribution in [-0.4, -0.2) is 36.1 Å². The number of nitrogens with zero attached hydrogens (tertiary/aromatic N) is 3. The molecule has 0 amide bonds. The molecule has 2 heterocycles. The second-order valence-corrected chi connectivity index (χ2v) is 4.62. The van der Waals surface area contributed by atoms with Crippen LogP contribution in [0.3, 0.4) is 0 Å². The van der Waals surface area contributed by atoms with Crippen LogP contribution in [0.15, 0.2) is 12.3 Å². The van der Waals surface area contributed by atoms with Crippen molar-refractivity contribution in [3.63, 3.8) is 0 Å². The van der Waals surface area contributed by atoms with E-state index in [0.717, 1.165) is 24.8 Å². The van der Waals surface area contributed by atoms with Crippen molar-refractivity contribution in [1.82, 2.24) is 9.97 Å². The SMILES string of the molecule is CC1CCN(c2ccnc(NCCN)n2)CC1. The summed E-state index contributed by atoms with van der Waals surface area (Å²) < 4.78 is 0. The van der Waals surface area contributed by atoms with Crippen molar-refractivity contribution < 1.29 is 0 Å². The molecule has 2 rings (SSSR count). The Morgan fingerprint density at radius 1 is 1.47 bits per heavy atom. The number of piperidine rings is 1. The van der Waals surface area contributed by atoms with Crippen molar-refractivity contribution in [2.24, 2.45) is 11.7 Å². The van der Waals surface area contributed by atoms with Gasteiger partial charge in [0.05, 0.1) is 0 Å². The first-order chi connectivity index (χ1) is 8.29. The number of nitrogens with one attached hydrogen (secondary N) is 1. The van der Waals surface area contributed by atoms with Crippen molar-refractivity contribution in [2.75, 3.05) is 36.4 Å². The van der Waals surface area contributed by atoms with E-state index in [1.165, 1.54) is 12.8 Å². The molecule has 1 aliphatic heterocycles. The van der Waals surface area contributed by atoms with Gasteiger partial charge in [0.1, 0.15) is 5.82 Å². The van der Waals surface area contributed by atoms with Gasteiger partial charge >= 0.3 is 0 Å². The Kier molecular flexibility index (Phi) is 4.14. The quantitative estimate of drug-likeness (QED) is 0.817. The zero-order valence-electron chi connectivity index (χ0n) is 10.4. The zero-order chi connectivity index (χ0) is 12.1. The number of hydrogen-bond donors (Lipinski definition) is 2. The molecule has 17 heavy (non-hydrogen) atoms. The van der Waals surface area contributed by atoms with Gasteiger partial charge in [-0.3, -0.25) is 0 Å². The minimum absolute atomic E-state index is 0.592. The summed E-state index contributed by atoms with van der Waals surface area (Å²) in [7, 11) is 0.